The summed E-state index contributed by atoms with van der Waals surface area (Å²) in [5.41, 5.74) is 2.93. The fourth-order valence-electron chi connectivity index (χ4n) is 3.67. The van der Waals surface area contributed by atoms with Crippen LogP contribution >= 0.6 is 0 Å². The van der Waals surface area contributed by atoms with Crippen LogP contribution in [0.3, 0.4) is 0 Å². The summed E-state index contributed by atoms with van der Waals surface area (Å²) in [6.07, 6.45) is 0.659. The summed E-state index contributed by atoms with van der Waals surface area (Å²) < 4.78 is 0. The zero-order valence-electron chi connectivity index (χ0n) is 17.8. The second-order valence-corrected chi connectivity index (χ2v) is 8.26. The fraction of sp³-hybridized carbons (Fsp3) is 0.280. The number of H-pyrrole nitrogens is 1. The maximum atomic E-state index is 12.5. The lowest BCUT2D eigenvalue weighted by atomic mass is 9.85. The highest BCUT2D eigenvalue weighted by molar-refractivity contribution is 5.89. The molecule has 3 rings (SSSR count). The zero-order valence-corrected chi connectivity index (χ0v) is 17.8. The third kappa shape index (κ3) is 5.03. The Balaban J connectivity index is 1.86. The Kier molecular flexibility index (Phi) is 6.61. The van der Waals surface area contributed by atoms with E-state index in [1.165, 1.54) is 0 Å². The predicted molar refractivity (Wildman–Crippen MR) is 121 cm³/mol. The summed E-state index contributed by atoms with van der Waals surface area (Å²) in [5, 5.41) is 23.5. The number of aromatic amines is 1. The number of amides is 1. The van der Waals surface area contributed by atoms with Crippen molar-refractivity contribution in [3.8, 4) is 0 Å². The van der Waals surface area contributed by atoms with E-state index in [1.54, 1.807) is 18.2 Å². The van der Waals surface area contributed by atoms with Crippen molar-refractivity contribution in [1.82, 2.24) is 10.3 Å². The molecule has 4 N–H and O–H groups in total. The molecule has 0 aliphatic rings. The summed E-state index contributed by atoms with van der Waals surface area (Å²) >= 11 is 0. The normalized spacial score (nSPS) is 13.5. The first kappa shape index (κ1) is 22.3. The molecular weight excluding hydrogens is 392 g/mol. The topological polar surface area (TPSA) is 102 Å². The summed E-state index contributed by atoms with van der Waals surface area (Å²) in [6.45, 7) is 7.89. The first-order valence-electron chi connectivity index (χ1n) is 10.2. The monoisotopic (exact) mass is 420 g/mol. The Labute approximate surface area is 181 Å². The highest BCUT2D eigenvalue weighted by Crippen LogP contribution is 2.33. The molecule has 162 valence electrons. The number of aliphatic carboxylic acids is 1. The first-order valence-corrected chi connectivity index (χ1v) is 10.2. The van der Waals surface area contributed by atoms with E-state index in [0.717, 1.165) is 27.7 Å². The average molecular weight is 421 g/mol. The van der Waals surface area contributed by atoms with Crippen LogP contribution in [0, 0.1) is 0 Å². The van der Waals surface area contributed by atoms with Crippen molar-refractivity contribution < 1.29 is 19.8 Å². The largest absolute Gasteiger partial charge is 0.480 e. The van der Waals surface area contributed by atoms with Crippen molar-refractivity contribution in [3.05, 3.63) is 84.1 Å². The average Bonchev–Trinajstić information content (AvgIpc) is 3.13. The summed E-state index contributed by atoms with van der Waals surface area (Å²) in [7, 11) is 0. The Bertz CT molecular complexity index is 1090. The van der Waals surface area contributed by atoms with Gasteiger partial charge in [0.05, 0.1) is 0 Å². The van der Waals surface area contributed by atoms with Gasteiger partial charge in [-0.25, -0.2) is 4.79 Å². The van der Waals surface area contributed by atoms with Crippen LogP contribution in [0.15, 0.2) is 67.3 Å². The summed E-state index contributed by atoms with van der Waals surface area (Å²) in [4.78, 5) is 27.9. The first-order chi connectivity index (χ1) is 14.7. The smallest absolute Gasteiger partial charge is 0.326 e. The maximum absolute atomic E-state index is 12.5. The molecule has 6 heteroatoms. The number of carbonyl (C=O) groups is 2. The fourth-order valence-corrected chi connectivity index (χ4v) is 3.67. The molecular formula is C25H28N2O4. The van der Waals surface area contributed by atoms with Gasteiger partial charge in [-0.15, -0.1) is 6.58 Å². The molecule has 31 heavy (non-hydrogen) atoms. The van der Waals surface area contributed by atoms with Gasteiger partial charge in [0.2, 0.25) is 5.91 Å². The van der Waals surface area contributed by atoms with E-state index in [1.807, 2.05) is 56.3 Å². The van der Waals surface area contributed by atoms with E-state index in [4.69, 9.17) is 0 Å². The minimum Gasteiger partial charge on any atom is -0.480 e. The SMILES string of the molecule is C=CC(C)(C)c1[nH]c2ccccc2c1C[C@H](NC(=O)C(O)Cc1ccccc1)C(=O)O. The van der Waals surface area contributed by atoms with E-state index < -0.39 is 29.4 Å². The second kappa shape index (κ2) is 9.18. The molecule has 0 saturated carbocycles. The van der Waals surface area contributed by atoms with Crippen LogP contribution in [0.25, 0.3) is 10.9 Å². The number of carbonyl (C=O) groups excluding carboxylic acids is 1. The maximum Gasteiger partial charge on any atom is 0.326 e. The van der Waals surface area contributed by atoms with Gasteiger partial charge in [0.15, 0.2) is 0 Å². The van der Waals surface area contributed by atoms with Crippen LogP contribution in [0.2, 0.25) is 0 Å². The molecule has 1 heterocycles. The van der Waals surface area contributed by atoms with Crippen molar-refractivity contribution in [1.29, 1.82) is 0 Å². The third-order valence-electron chi connectivity index (χ3n) is 5.57. The lowest BCUT2D eigenvalue weighted by Crippen LogP contribution is -2.47. The van der Waals surface area contributed by atoms with Gasteiger partial charge in [-0.2, -0.15) is 0 Å². The highest BCUT2D eigenvalue weighted by atomic mass is 16.4. The number of para-hydroxylation sites is 1. The van der Waals surface area contributed by atoms with Gasteiger partial charge in [0.1, 0.15) is 12.1 Å². The molecule has 0 spiro atoms. The van der Waals surface area contributed by atoms with Gasteiger partial charge in [-0.3, -0.25) is 4.79 Å². The number of hydrogen-bond acceptors (Lipinski definition) is 3. The number of benzene rings is 2. The minimum absolute atomic E-state index is 0.0791. The molecule has 2 atom stereocenters. The number of fused-ring (bicyclic) bond motifs is 1. The number of aromatic nitrogens is 1. The van der Waals surface area contributed by atoms with Gasteiger partial charge in [-0.1, -0.05) is 68.5 Å². The molecule has 6 nitrogen and oxygen atoms in total. The highest BCUT2D eigenvalue weighted by Gasteiger charge is 2.30. The van der Waals surface area contributed by atoms with Crippen LogP contribution < -0.4 is 5.32 Å². The molecule has 0 radical (unpaired) electrons. The lowest BCUT2D eigenvalue weighted by Gasteiger charge is -2.23. The van der Waals surface area contributed by atoms with Crippen molar-refractivity contribution >= 4 is 22.8 Å². The molecule has 0 bridgehead atoms. The lowest BCUT2D eigenvalue weighted by molar-refractivity contribution is -0.143. The van der Waals surface area contributed by atoms with E-state index in [2.05, 4.69) is 16.9 Å². The van der Waals surface area contributed by atoms with Crippen LogP contribution in [-0.4, -0.2) is 39.2 Å². The van der Waals surface area contributed by atoms with Gasteiger partial charge < -0.3 is 20.5 Å². The third-order valence-corrected chi connectivity index (χ3v) is 5.57. The van der Waals surface area contributed by atoms with Gasteiger partial charge in [0, 0.05) is 34.9 Å². The van der Waals surface area contributed by atoms with Crippen LogP contribution in [-0.2, 0) is 27.8 Å². The van der Waals surface area contributed by atoms with Crippen LogP contribution in [0.5, 0.6) is 0 Å². The molecule has 0 aliphatic heterocycles. The number of hydrogen-bond donors (Lipinski definition) is 4. The Morgan fingerprint density at radius 2 is 1.74 bits per heavy atom. The molecule has 0 aliphatic carbocycles. The van der Waals surface area contributed by atoms with E-state index >= 15 is 0 Å². The molecule has 2 aromatic carbocycles. The number of carboxylic acid groups (broad SMARTS) is 1. The van der Waals surface area contributed by atoms with Crippen LogP contribution in [0.1, 0.15) is 30.7 Å². The summed E-state index contributed by atoms with van der Waals surface area (Å²) in [6, 6.07) is 15.6. The molecule has 1 aromatic heterocycles. The van der Waals surface area contributed by atoms with E-state index in [9.17, 15) is 19.8 Å². The number of aliphatic hydroxyl groups is 1. The van der Waals surface area contributed by atoms with Gasteiger partial charge in [-0.05, 0) is 17.2 Å². The van der Waals surface area contributed by atoms with Gasteiger partial charge in [0.25, 0.3) is 0 Å². The van der Waals surface area contributed by atoms with E-state index in [-0.39, 0.29) is 12.8 Å². The Morgan fingerprint density at radius 3 is 2.39 bits per heavy atom. The summed E-state index contributed by atoms with van der Waals surface area (Å²) in [5.74, 6) is -1.87. The molecule has 1 unspecified atom stereocenters. The predicted octanol–water partition coefficient (Wildman–Crippen LogP) is 3.35. The molecule has 1 amide bonds. The Hall–Kier alpha value is -3.38. The standard InChI is InChI=1S/C25H28N2O4/c1-4-25(2,3)22-18(17-12-8-9-13-19(17)26-22)15-20(24(30)31)27-23(29)21(28)14-16-10-6-5-7-11-16/h4-13,20-21,26,28H,1,14-15H2,2-3H3,(H,27,29)(H,30,31)/t20-,21?/m0/s1. The Morgan fingerprint density at radius 1 is 1.10 bits per heavy atom. The minimum atomic E-state index is -1.34. The molecule has 3 aromatic rings. The van der Waals surface area contributed by atoms with Crippen molar-refractivity contribution in [2.24, 2.45) is 0 Å². The number of aliphatic hydroxyl groups excluding tert-OH is 1. The molecule has 0 fully saturated rings. The molecule has 0 saturated heterocycles. The van der Waals surface area contributed by atoms with Crippen molar-refractivity contribution in [2.75, 3.05) is 0 Å². The number of carboxylic acids is 1. The van der Waals surface area contributed by atoms with E-state index in [0.29, 0.717) is 0 Å². The number of nitrogens with one attached hydrogen (secondary N) is 2. The zero-order chi connectivity index (χ0) is 22.6. The van der Waals surface area contributed by atoms with Crippen molar-refractivity contribution in [3.63, 3.8) is 0 Å². The van der Waals surface area contributed by atoms with Crippen molar-refractivity contribution in [2.45, 2.75) is 44.2 Å². The van der Waals surface area contributed by atoms with Gasteiger partial charge >= 0.3 is 5.97 Å². The number of allylic oxidation sites excluding steroid dienone is 1. The number of rotatable bonds is 9. The second-order valence-electron chi connectivity index (χ2n) is 8.26. The van der Waals surface area contributed by atoms with Crippen LogP contribution in [0.4, 0.5) is 0 Å². The quantitative estimate of drug-likeness (QED) is 0.399.